The van der Waals surface area contributed by atoms with E-state index in [1.165, 1.54) is 0 Å². The second-order valence-corrected chi connectivity index (χ2v) is 4.53. The van der Waals surface area contributed by atoms with E-state index in [-0.39, 0.29) is 0 Å². The van der Waals surface area contributed by atoms with Gasteiger partial charge in [0.2, 0.25) is 0 Å². The van der Waals surface area contributed by atoms with Crippen LogP contribution in [0, 0.1) is 9.49 Å². The lowest BCUT2D eigenvalue weighted by atomic mass is 10.0. The van der Waals surface area contributed by atoms with E-state index in [9.17, 15) is 0 Å². The summed E-state index contributed by atoms with van der Waals surface area (Å²) in [6.45, 7) is 4.90. The van der Waals surface area contributed by atoms with Crippen LogP contribution in [-0.4, -0.2) is 22.6 Å². The SMILES string of the molecule is CC(CN)C(C)Nc1ncncc1I. The highest BCUT2D eigenvalue weighted by molar-refractivity contribution is 14.1. The van der Waals surface area contributed by atoms with Gasteiger partial charge < -0.3 is 11.1 Å². The number of nitrogens with two attached hydrogens (primary N) is 1. The maximum atomic E-state index is 5.59. The lowest BCUT2D eigenvalue weighted by Crippen LogP contribution is -2.30. The molecular formula is C9H15IN4. The van der Waals surface area contributed by atoms with Gasteiger partial charge in [0.15, 0.2) is 0 Å². The molecule has 5 heteroatoms. The van der Waals surface area contributed by atoms with Crippen LogP contribution in [0.3, 0.4) is 0 Å². The van der Waals surface area contributed by atoms with Crippen LogP contribution in [0.15, 0.2) is 12.5 Å². The first-order valence-corrected chi connectivity index (χ1v) is 5.65. The van der Waals surface area contributed by atoms with Crippen molar-refractivity contribution >= 4 is 28.4 Å². The number of aromatic nitrogens is 2. The number of rotatable bonds is 4. The van der Waals surface area contributed by atoms with E-state index in [1.54, 1.807) is 12.5 Å². The molecule has 1 rings (SSSR count). The number of anilines is 1. The molecular weight excluding hydrogens is 291 g/mol. The van der Waals surface area contributed by atoms with Crippen LogP contribution in [0.25, 0.3) is 0 Å². The highest BCUT2D eigenvalue weighted by Gasteiger charge is 2.11. The van der Waals surface area contributed by atoms with Gasteiger partial charge in [0.1, 0.15) is 12.1 Å². The van der Waals surface area contributed by atoms with Crippen molar-refractivity contribution in [1.82, 2.24) is 9.97 Å². The fourth-order valence-corrected chi connectivity index (χ4v) is 1.44. The molecule has 14 heavy (non-hydrogen) atoms. The van der Waals surface area contributed by atoms with E-state index in [0.29, 0.717) is 18.5 Å². The highest BCUT2D eigenvalue weighted by Crippen LogP contribution is 2.15. The maximum absolute atomic E-state index is 5.59. The summed E-state index contributed by atoms with van der Waals surface area (Å²) >= 11 is 2.21. The quantitative estimate of drug-likeness (QED) is 0.827. The number of hydrogen-bond acceptors (Lipinski definition) is 4. The van der Waals surface area contributed by atoms with Gasteiger partial charge in [-0.2, -0.15) is 0 Å². The summed E-state index contributed by atoms with van der Waals surface area (Å²) in [5.41, 5.74) is 5.59. The van der Waals surface area contributed by atoms with Gasteiger partial charge in [0, 0.05) is 12.2 Å². The zero-order chi connectivity index (χ0) is 10.6. The predicted octanol–water partition coefficient (Wildman–Crippen LogP) is 1.48. The molecule has 0 aliphatic carbocycles. The van der Waals surface area contributed by atoms with Gasteiger partial charge in [0.25, 0.3) is 0 Å². The van der Waals surface area contributed by atoms with E-state index < -0.39 is 0 Å². The third-order valence-corrected chi connectivity index (χ3v) is 3.05. The van der Waals surface area contributed by atoms with Crippen LogP contribution in [0.1, 0.15) is 13.8 Å². The van der Waals surface area contributed by atoms with Crippen LogP contribution >= 0.6 is 22.6 Å². The Morgan fingerprint density at radius 3 is 2.86 bits per heavy atom. The van der Waals surface area contributed by atoms with Crippen molar-refractivity contribution in [3.63, 3.8) is 0 Å². The minimum Gasteiger partial charge on any atom is -0.366 e. The summed E-state index contributed by atoms with van der Waals surface area (Å²) in [7, 11) is 0. The van der Waals surface area contributed by atoms with Crippen LogP contribution in [0.4, 0.5) is 5.82 Å². The normalized spacial score (nSPS) is 14.9. The van der Waals surface area contributed by atoms with Crippen LogP contribution in [-0.2, 0) is 0 Å². The van der Waals surface area contributed by atoms with Crippen molar-refractivity contribution in [2.75, 3.05) is 11.9 Å². The van der Waals surface area contributed by atoms with Gasteiger partial charge in [-0.25, -0.2) is 9.97 Å². The molecule has 2 atom stereocenters. The molecule has 4 nitrogen and oxygen atoms in total. The smallest absolute Gasteiger partial charge is 0.143 e. The molecule has 0 saturated heterocycles. The fourth-order valence-electron chi connectivity index (χ4n) is 0.981. The molecule has 1 aromatic rings. The standard InChI is InChI=1S/C9H15IN4/c1-6(3-11)7(2)14-9-8(10)4-12-5-13-9/h4-7H,3,11H2,1-2H3,(H,12,13,14). The first-order valence-electron chi connectivity index (χ1n) is 4.57. The van der Waals surface area contributed by atoms with E-state index in [2.05, 4.69) is 51.7 Å². The molecule has 1 aromatic heterocycles. The van der Waals surface area contributed by atoms with Crippen LogP contribution in [0.2, 0.25) is 0 Å². The third kappa shape index (κ3) is 3.06. The zero-order valence-corrected chi connectivity index (χ0v) is 10.5. The highest BCUT2D eigenvalue weighted by atomic mass is 127. The topological polar surface area (TPSA) is 63.8 Å². The summed E-state index contributed by atoms with van der Waals surface area (Å²) in [4.78, 5) is 8.10. The summed E-state index contributed by atoms with van der Waals surface area (Å²) in [5, 5.41) is 3.32. The molecule has 2 unspecified atom stereocenters. The molecule has 78 valence electrons. The van der Waals surface area contributed by atoms with Gasteiger partial charge in [-0.1, -0.05) is 6.92 Å². The fraction of sp³-hybridized carbons (Fsp3) is 0.556. The zero-order valence-electron chi connectivity index (χ0n) is 8.37. The molecule has 0 aromatic carbocycles. The van der Waals surface area contributed by atoms with Crippen molar-refractivity contribution in [2.24, 2.45) is 11.7 Å². The van der Waals surface area contributed by atoms with E-state index in [1.807, 2.05) is 0 Å². The minimum absolute atomic E-state index is 0.323. The van der Waals surface area contributed by atoms with Crippen molar-refractivity contribution in [1.29, 1.82) is 0 Å². The summed E-state index contributed by atoms with van der Waals surface area (Å²) < 4.78 is 1.03. The first kappa shape index (κ1) is 11.6. The van der Waals surface area contributed by atoms with Gasteiger partial charge in [-0.05, 0) is 42.0 Å². The molecule has 0 fully saturated rings. The predicted molar refractivity (Wildman–Crippen MR) is 66.1 cm³/mol. The number of halogens is 1. The van der Waals surface area contributed by atoms with Crippen molar-refractivity contribution in [2.45, 2.75) is 19.9 Å². The van der Waals surface area contributed by atoms with E-state index >= 15 is 0 Å². The summed E-state index contributed by atoms with van der Waals surface area (Å²) in [6.07, 6.45) is 3.33. The van der Waals surface area contributed by atoms with Crippen LogP contribution in [0.5, 0.6) is 0 Å². The third-order valence-electron chi connectivity index (χ3n) is 2.26. The van der Waals surface area contributed by atoms with Gasteiger partial charge in [-0.3, -0.25) is 0 Å². The largest absolute Gasteiger partial charge is 0.366 e. The Kier molecular flexibility index (Phi) is 4.53. The molecule has 0 radical (unpaired) electrons. The van der Waals surface area contributed by atoms with Crippen molar-refractivity contribution in [3.8, 4) is 0 Å². The second-order valence-electron chi connectivity index (χ2n) is 3.37. The van der Waals surface area contributed by atoms with E-state index in [0.717, 1.165) is 9.39 Å². The molecule has 0 saturated carbocycles. The monoisotopic (exact) mass is 306 g/mol. The summed E-state index contributed by atoms with van der Waals surface area (Å²) in [5.74, 6) is 1.31. The summed E-state index contributed by atoms with van der Waals surface area (Å²) in [6, 6.07) is 0.323. The molecule has 0 aliphatic heterocycles. The second kappa shape index (κ2) is 5.45. The van der Waals surface area contributed by atoms with Crippen LogP contribution < -0.4 is 11.1 Å². The molecule has 3 N–H and O–H groups in total. The minimum atomic E-state index is 0.323. The number of nitrogens with zero attached hydrogens (tertiary/aromatic N) is 2. The Labute approximate surface area is 97.8 Å². The average Bonchev–Trinajstić information content (AvgIpc) is 2.20. The maximum Gasteiger partial charge on any atom is 0.143 e. The Bertz CT molecular complexity index is 292. The molecule has 0 bridgehead atoms. The molecule has 0 aliphatic rings. The number of nitrogens with one attached hydrogen (secondary N) is 1. The van der Waals surface area contributed by atoms with E-state index in [4.69, 9.17) is 5.73 Å². The average molecular weight is 306 g/mol. The molecule has 0 spiro atoms. The first-order chi connectivity index (χ1) is 6.65. The van der Waals surface area contributed by atoms with Gasteiger partial charge in [-0.15, -0.1) is 0 Å². The Balaban J connectivity index is 2.64. The Morgan fingerprint density at radius 2 is 2.29 bits per heavy atom. The van der Waals surface area contributed by atoms with Gasteiger partial charge >= 0.3 is 0 Å². The molecule has 1 heterocycles. The van der Waals surface area contributed by atoms with Crippen molar-refractivity contribution in [3.05, 3.63) is 16.1 Å². The number of hydrogen-bond donors (Lipinski definition) is 2. The lowest BCUT2D eigenvalue weighted by Gasteiger charge is -2.20. The lowest BCUT2D eigenvalue weighted by molar-refractivity contribution is 0.520. The molecule has 0 amide bonds. The van der Waals surface area contributed by atoms with Crippen molar-refractivity contribution < 1.29 is 0 Å². The Hall–Kier alpha value is -0.430. The Morgan fingerprint density at radius 1 is 1.57 bits per heavy atom. The van der Waals surface area contributed by atoms with Gasteiger partial charge in [0.05, 0.1) is 3.57 Å².